The number of fused-ring (bicyclic) bond motifs is 3. The van der Waals surface area contributed by atoms with Gasteiger partial charge in [0.05, 0.1) is 24.9 Å². The van der Waals surface area contributed by atoms with E-state index in [9.17, 15) is 9.59 Å². The number of anilines is 1. The van der Waals surface area contributed by atoms with Gasteiger partial charge >= 0.3 is 0 Å². The molecule has 3 aromatic carbocycles. The van der Waals surface area contributed by atoms with Gasteiger partial charge in [0, 0.05) is 39.1 Å². The van der Waals surface area contributed by atoms with E-state index in [0.717, 1.165) is 15.6 Å². The second-order valence-electron chi connectivity index (χ2n) is 8.16. The highest BCUT2D eigenvalue weighted by Gasteiger charge is 2.39. The van der Waals surface area contributed by atoms with E-state index >= 15 is 0 Å². The Bertz CT molecular complexity index is 1300. The Morgan fingerprint density at radius 3 is 2.15 bits per heavy atom. The first-order valence-electron chi connectivity index (χ1n) is 10.8. The second-order valence-corrected chi connectivity index (χ2v) is 9.63. The molecular formula is C27H22ClNO4S. The van der Waals surface area contributed by atoms with Crippen LogP contribution in [0.1, 0.15) is 27.1 Å². The molecule has 0 spiro atoms. The van der Waals surface area contributed by atoms with E-state index in [2.05, 4.69) is 4.90 Å². The van der Waals surface area contributed by atoms with Crippen molar-refractivity contribution in [2.75, 3.05) is 25.7 Å². The van der Waals surface area contributed by atoms with Crippen LogP contribution in [0.2, 0.25) is 5.02 Å². The summed E-state index contributed by atoms with van der Waals surface area (Å²) >= 11 is 7.77. The fourth-order valence-electron chi connectivity index (χ4n) is 4.36. The van der Waals surface area contributed by atoms with Gasteiger partial charge in [0.1, 0.15) is 11.5 Å². The Hall–Kier alpha value is -3.22. The molecule has 5 nitrogen and oxygen atoms in total. The summed E-state index contributed by atoms with van der Waals surface area (Å²) in [5, 5.41) is 1.51. The topological polar surface area (TPSA) is 55.8 Å². The summed E-state index contributed by atoms with van der Waals surface area (Å²) in [6.45, 7) is 0.501. The molecule has 0 N–H and O–H groups in total. The molecule has 0 aromatic heterocycles. The van der Waals surface area contributed by atoms with Crippen molar-refractivity contribution in [1.82, 2.24) is 0 Å². The fraction of sp³-hybridized carbons (Fsp3) is 0.185. The summed E-state index contributed by atoms with van der Waals surface area (Å²) < 4.78 is 10.4. The molecule has 3 aromatic rings. The molecule has 2 heterocycles. The number of thioether (sulfide) groups is 1. The van der Waals surface area contributed by atoms with Gasteiger partial charge < -0.3 is 14.4 Å². The third-order valence-corrected chi connectivity index (χ3v) is 7.59. The molecule has 0 radical (unpaired) electrons. The predicted octanol–water partition coefficient (Wildman–Crippen LogP) is 6.27. The van der Waals surface area contributed by atoms with E-state index in [1.807, 2.05) is 18.2 Å². The van der Waals surface area contributed by atoms with Gasteiger partial charge in [-0.3, -0.25) is 9.59 Å². The van der Waals surface area contributed by atoms with Crippen LogP contribution in [0.5, 0.6) is 11.5 Å². The lowest BCUT2D eigenvalue weighted by Gasteiger charge is -2.33. The molecule has 1 unspecified atom stereocenters. The Balaban J connectivity index is 1.53. The molecule has 0 saturated heterocycles. The maximum atomic E-state index is 13.7. The summed E-state index contributed by atoms with van der Waals surface area (Å²) in [4.78, 5) is 30.2. The van der Waals surface area contributed by atoms with Crippen LogP contribution < -0.4 is 14.4 Å². The van der Waals surface area contributed by atoms with Crippen molar-refractivity contribution in [3.63, 3.8) is 0 Å². The van der Waals surface area contributed by atoms with E-state index in [1.165, 1.54) is 11.8 Å². The summed E-state index contributed by atoms with van der Waals surface area (Å²) in [5.74, 6) is 0.941. The Labute approximate surface area is 207 Å². The number of hydrogen-bond donors (Lipinski definition) is 0. The first-order valence-corrected chi connectivity index (χ1v) is 12.0. The first kappa shape index (κ1) is 22.6. The number of Topliss-reactive ketones (excluding diaryl/α,β-unsaturated/α-hetero) is 2. The van der Waals surface area contributed by atoms with Crippen LogP contribution >= 0.6 is 23.4 Å². The zero-order valence-electron chi connectivity index (χ0n) is 18.7. The van der Waals surface area contributed by atoms with Gasteiger partial charge in [-0.2, -0.15) is 0 Å². The van der Waals surface area contributed by atoms with Gasteiger partial charge in [0.2, 0.25) is 0 Å². The van der Waals surface area contributed by atoms with Crippen molar-refractivity contribution < 1.29 is 19.1 Å². The minimum Gasteiger partial charge on any atom is -0.497 e. The number of carbonyl (C=O) groups is 2. The molecule has 0 aliphatic carbocycles. The number of carbonyl (C=O) groups excluding carboxylic acids is 2. The molecule has 0 saturated carbocycles. The van der Waals surface area contributed by atoms with Gasteiger partial charge in [-0.05, 0) is 73.2 Å². The van der Waals surface area contributed by atoms with E-state index in [4.69, 9.17) is 21.1 Å². The highest BCUT2D eigenvalue weighted by atomic mass is 35.5. The van der Waals surface area contributed by atoms with Crippen LogP contribution in [0, 0.1) is 5.92 Å². The number of ether oxygens (including phenoxy) is 2. The van der Waals surface area contributed by atoms with Crippen LogP contribution in [0.15, 0.2) is 82.2 Å². The number of benzene rings is 3. The summed E-state index contributed by atoms with van der Waals surface area (Å²) in [7, 11) is 3.18. The van der Waals surface area contributed by atoms with Crippen LogP contribution in [0.25, 0.3) is 0 Å². The van der Waals surface area contributed by atoms with Crippen molar-refractivity contribution >= 4 is 40.6 Å². The third kappa shape index (κ3) is 4.08. The predicted molar refractivity (Wildman–Crippen MR) is 134 cm³/mol. The summed E-state index contributed by atoms with van der Waals surface area (Å²) in [6, 6.07) is 19.9. The van der Waals surface area contributed by atoms with Crippen molar-refractivity contribution in [2.45, 2.75) is 11.3 Å². The molecule has 1 atom stereocenters. The molecule has 0 amide bonds. The number of halogens is 1. The zero-order valence-corrected chi connectivity index (χ0v) is 20.3. The van der Waals surface area contributed by atoms with Gasteiger partial charge in [-0.25, -0.2) is 0 Å². The molecule has 2 aliphatic rings. The molecule has 172 valence electrons. The van der Waals surface area contributed by atoms with Crippen molar-refractivity contribution in [2.24, 2.45) is 5.92 Å². The summed E-state index contributed by atoms with van der Waals surface area (Å²) in [5.41, 5.74) is 2.78. The Morgan fingerprint density at radius 1 is 0.912 bits per heavy atom. The van der Waals surface area contributed by atoms with Crippen LogP contribution in [-0.2, 0) is 0 Å². The lowest BCUT2D eigenvalue weighted by molar-refractivity contribution is 0.0915. The average molecular weight is 492 g/mol. The average Bonchev–Trinajstić information content (AvgIpc) is 3.24. The van der Waals surface area contributed by atoms with Crippen LogP contribution in [0.3, 0.4) is 0 Å². The smallest absolute Gasteiger partial charge is 0.191 e. The molecule has 2 aliphatic heterocycles. The van der Waals surface area contributed by atoms with Gasteiger partial charge in [0.25, 0.3) is 0 Å². The highest BCUT2D eigenvalue weighted by molar-refractivity contribution is 8.03. The van der Waals surface area contributed by atoms with Crippen molar-refractivity contribution in [1.29, 1.82) is 0 Å². The van der Waals surface area contributed by atoms with Gasteiger partial charge in [-0.15, -0.1) is 0 Å². The largest absolute Gasteiger partial charge is 0.497 e. The zero-order chi connectivity index (χ0) is 23.8. The number of nitrogens with zero attached hydrogens (tertiary/aromatic N) is 1. The van der Waals surface area contributed by atoms with Crippen molar-refractivity contribution in [3.05, 3.63) is 93.5 Å². The minimum atomic E-state index is -0.364. The van der Waals surface area contributed by atoms with E-state index in [-0.39, 0.29) is 17.5 Å². The lowest BCUT2D eigenvalue weighted by Crippen LogP contribution is -2.37. The SMILES string of the molecule is COc1ccc(C(=O)C2=C3Sc4cc(Cl)ccc4N3CC(C(=O)c3ccc(OC)cc3)C2)cc1. The van der Waals surface area contributed by atoms with E-state index in [1.54, 1.807) is 62.8 Å². The lowest BCUT2D eigenvalue weighted by atomic mass is 9.85. The maximum Gasteiger partial charge on any atom is 0.191 e. The van der Waals surface area contributed by atoms with Crippen LogP contribution in [0.4, 0.5) is 5.69 Å². The number of hydrogen-bond acceptors (Lipinski definition) is 6. The second kappa shape index (κ2) is 9.20. The minimum absolute atomic E-state index is 0.00847. The molecule has 0 bridgehead atoms. The number of allylic oxidation sites excluding steroid dienone is 1. The van der Waals surface area contributed by atoms with E-state index < -0.39 is 0 Å². The Morgan fingerprint density at radius 2 is 1.53 bits per heavy atom. The van der Waals surface area contributed by atoms with Gasteiger partial charge in [-0.1, -0.05) is 23.4 Å². The fourth-order valence-corrected chi connectivity index (χ4v) is 5.85. The van der Waals surface area contributed by atoms with E-state index in [0.29, 0.717) is 46.2 Å². The van der Waals surface area contributed by atoms with Crippen molar-refractivity contribution in [3.8, 4) is 11.5 Å². The number of ketones is 2. The molecular weight excluding hydrogens is 470 g/mol. The Kier molecular flexibility index (Phi) is 6.11. The first-order chi connectivity index (χ1) is 16.5. The molecule has 34 heavy (non-hydrogen) atoms. The number of rotatable bonds is 6. The standard InChI is InChI=1S/C27H22ClNO4S/c1-32-20-8-3-16(4-9-20)25(30)18-13-22(26(31)17-5-10-21(33-2)11-6-17)27-29(15-18)23-12-7-19(28)14-24(23)34-27/h3-12,14,18H,13,15H2,1-2H3. The van der Waals surface area contributed by atoms with Crippen LogP contribution in [-0.4, -0.2) is 32.3 Å². The normalized spacial score (nSPS) is 16.7. The third-order valence-electron chi connectivity index (χ3n) is 6.15. The quantitative estimate of drug-likeness (QED) is 0.379. The molecule has 5 rings (SSSR count). The number of methoxy groups -OCH3 is 2. The van der Waals surface area contributed by atoms with Gasteiger partial charge in [0.15, 0.2) is 11.6 Å². The molecule has 0 fully saturated rings. The molecule has 7 heteroatoms. The summed E-state index contributed by atoms with van der Waals surface area (Å²) in [6.07, 6.45) is 0.371. The monoisotopic (exact) mass is 491 g/mol. The maximum absolute atomic E-state index is 13.7. The highest BCUT2D eigenvalue weighted by Crippen LogP contribution is 2.51.